The molecule has 0 spiro atoms. The molecule has 1 saturated heterocycles. The number of hydrogen-bond donors (Lipinski definition) is 1. The Morgan fingerprint density at radius 2 is 1.73 bits per heavy atom. The van der Waals surface area contributed by atoms with Gasteiger partial charge in [0.05, 0.1) is 0 Å². The van der Waals surface area contributed by atoms with E-state index >= 15 is 0 Å². The van der Waals surface area contributed by atoms with Crippen molar-refractivity contribution in [2.24, 2.45) is 5.92 Å². The normalized spacial score (nSPS) is 17.3. The highest BCUT2D eigenvalue weighted by Crippen LogP contribution is 2.17. The highest BCUT2D eigenvalue weighted by atomic mass is 16.2. The molecule has 0 radical (unpaired) electrons. The van der Waals surface area contributed by atoms with Crippen LogP contribution < -0.4 is 5.32 Å². The van der Waals surface area contributed by atoms with E-state index in [1.165, 1.54) is 11.9 Å². The molecule has 0 aliphatic carbocycles. The van der Waals surface area contributed by atoms with Crippen LogP contribution in [-0.4, -0.2) is 42.6 Å². The molecule has 1 heterocycles. The summed E-state index contributed by atoms with van der Waals surface area (Å²) in [4.78, 5) is 35.1. The summed E-state index contributed by atoms with van der Waals surface area (Å²) in [6.07, 6.45) is 1.33. The van der Waals surface area contributed by atoms with Gasteiger partial charge < -0.3 is 10.2 Å². The number of piperidine rings is 1. The zero-order chi connectivity index (χ0) is 11.4. The molecule has 0 atom stereocenters. The van der Waals surface area contributed by atoms with Crippen molar-refractivity contribution in [3.05, 3.63) is 0 Å². The second kappa shape index (κ2) is 4.91. The molecule has 0 aromatic carbocycles. The van der Waals surface area contributed by atoms with Crippen LogP contribution in [0.1, 0.15) is 19.8 Å². The van der Waals surface area contributed by atoms with E-state index in [1.807, 2.05) is 0 Å². The van der Waals surface area contributed by atoms with Gasteiger partial charge in [0.2, 0.25) is 0 Å². The van der Waals surface area contributed by atoms with Gasteiger partial charge in [-0.25, -0.2) is 0 Å². The van der Waals surface area contributed by atoms with E-state index in [1.54, 1.807) is 6.92 Å². The number of hydrogen-bond acceptors (Lipinski definition) is 3. The van der Waals surface area contributed by atoms with Gasteiger partial charge in [0, 0.05) is 26.1 Å². The van der Waals surface area contributed by atoms with Gasteiger partial charge in [-0.15, -0.1) is 0 Å². The molecule has 2 amide bonds. The molecule has 0 saturated carbocycles. The minimum atomic E-state index is -0.587. The molecule has 1 aliphatic heterocycles. The Balaban J connectivity index is 2.47. The zero-order valence-corrected chi connectivity index (χ0v) is 9.08. The summed E-state index contributed by atoms with van der Waals surface area (Å²) in [6, 6.07) is 0. The van der Waals surface area contributed by atoms with Gasteiger partial charge in [0.15, 0.2) is 0 Å². The summed E-state index contributed by atoms with van der Waals surface area (Å²) in [5.41, 5.74) is 0. The van der Waals surface area contributed by atoms with Crippen molar-refractivity contribution in [2.75, 3.05) is 20.1 Å². The quantitative estimate of drug-likeness (QED) is 0.599. The molecule has 84 valence electrons. The minimum Gasteiger partial charge on any atom is -0.351 e. The third-order valence-corrected chi connectivity index (χ3v) is 2.78. The number of ketones is 1. The van der Waals surface area contributed by atoms with Crippen LogP contribution in [0.5, 0.6) is 0 Å². The maximum absolute atomic E-state index is 11.4. The van der Waals surface area contributed by atoms with Gasteiger partial charge in [0.25, 0.3) is 0 Å². The van der Waals surface area contributed by atoms with Crippen LogP contribution in [0.4, 0.5) is 0 Å². The van der Waals surface area contributed by atoms with E-state index in [0.717, 1.165) is 0 Å². The first-order valence-electron chi connectivity index (χ1n) is 5.07. The summed E-state index contributed by atoms with van der Waals surface area (Å²) in [7, 11) is 1.43. The molecule has 5 heteroatoms. The largest absolute Gasteiger partial charge is 0.351 e. The Labute approximate surface area is 88.8 Å². The fourth-order valence-electron chi connectivity index (χ4n) is 1.74. The summed E-state index contributed by atoms with van der Waals surface area (Å²) >= 11 is 0. The SMILES string of the molecule is CNC(=O)C(=O)N1CCC(C(C)=O)CC1. The van der Waals surface area contributed by atoms with Crippen LogP contribution in [0.25, 0.3) is 0 Å². The maximum atomic E-state index is 11.4. The molecule has 1 rings (SSSR count). The van der Waals surface area contributed by atoms with Crippen LogP contribution in [0, 0.1) is 5.92 Å². The average Bonchev–Trinajstić information content (AvgIpc) is 2.27. The number of amides is 2. The van der Waals surface area contributed by atoms with Gasteiger partial charge in [-0.05, 0) is 19.8 Å². The Bertz CT molecular complexity index is 280. The van der Waals surface area contributed by atoms with Gasteiger partial charge in [-0.3, -0.25) is 14.4 Å². The minimum absolute atomic E-state index is 0.0544. The number of rotatable bonds is 1. The van der Waals surface area contributed by atoms with Crippen molar-refractivity contribution in [3.8, 4) is 0 Å². The number of Topliss-reactive ketones (excluding diaryl/α,β-unsaturated/α-hetero) is 1. The van der Waals surface area contributed by atoms with Crippen molar-refractivity contribution >= 4 is 17.6 Å². The number of likely N-dealkylation sites (N-methyl/N-ethyl adjacent to an activating group) is 1. The average molecular weight is 212 g/mol. The standard InChI is InChI=1S/C10H16N2O3/c1-7(13)8-3-5-12(6-4-8)10(15)9(14)11-2/h8H,3-6H2,1-2H3,(H,11,14). The van der Waals surface area contributed by atoms with Gasteiger partial charge >= 0.3 is 11.8 Å². The van der Waals surface area contributed by atoms with Crippen LogP contribution in [-0.2, 0) is 14.4 Å². The molecule has 0 unspecified atom stereocenters. The lowest BCUT2D eigenvalue weighted by atomic mass is 9.93. The van der Waals surface area contributed by atoms with Gasteiger partial charge in [-0.1, -0.05) is 0 Å². The number of nitrogens with zero attached hydrogens (tertiary/aromatic N) is 1. The predicted octanol–water partition coefficient (Wildman–Crippen LogP) is -0.440. The maximum Gasteiger partial charge on any atom is 0.311 e. The summed E-state index contributed by atoms with van der Waals surface area (Å²) < 4.78 is 0. The van der Waals surface area contributed by atoms with Crippen molar-refractivity contribution in [3.63, 3.8) is 0 Å². The molecule has 0 bridgehead atoms. The Morgan fingerprint density at radius 1 is 1.20 bits per heavy atom. The summed E-state index contributed by atoms with van der Waals surface area (Å²) in [5, 5.41) is 2.30. The Kier molecular flexibility index (Phi) is 3.82. The zero-order valence-electron chi connectivity index (χ0n) is 9.08. The third-order valence-electron chi connectivity index (χ3n) is 2.78. The lowest BCUT2D eigenvalue weighted by Gasteiger charge is -2.30. The number of carbonyl (C=O) groups is 3. The van der Waals surface area contributed by atoms with Crippen molar-refractivity contribution in [2.45, 2.75) is 19.8 Å². The highest BCUT2D eigenvalue weighted by molar-refractivity contribution is 6.34. The fourth-order valence-corrected chi connectivity index (χ4v) is 1.74. The molecule has 0 aromatic heterocycles. The number of nitrogens with one attached hydrogen (secondary N) is 1. The first kappa shape index (κ1) is 11.7. The predicted molar refractivity (Wildman–Crippen MR) is 54.1 cm³/mol. The van der Waals surface area contributed by atoms with E-state index in [4.69, 9.17) is 0 Å². The van der Waals surface area contributed by atoms with E-state index in [9.17, 15) is 14.4 Å². The van der Waals surface area contributed by atoms with Crippen molar-refractivity contribution in [1.82, 2.24) is 10.2 Å². The monoisotopic (exact) mass is 212 g/mol. The smallest absolute Gasteiger partial charge is 0.311 e. The third kappa shape index (κ3) is 2.78. The van der Waals surface area contributed by atoms with E-state index in [2.05, 4.69) is 5.32 Å². The fraction of sp³-hybridized carbons (Fsp3) is 0.700. The Morgan fingerprint density at radius 3 is 2.13 bits per heavy atom. The van der Waals surface area contributed by atoms with Gasteiger partial charge in [0.1, 0.15) is 5.78 Å². The van der Waals surface area contributed by atoms with Crippen molar-refractivity contribution < 1.29 is 14.4 Å². The second-order valence-electron chi connectivity index (χ2n) is 3.76. The summed E-state index contributed by atoms with van der Waals surface area (Å²) in [6.45, 7) is 2.56. The molecule has 1 N–H and O–H groups in total. The second-order valence-corrected chi connectivity index (χ2v) is 3.76. The van der Waals surface area contributed by atoms with E-state index in [0.29, 0.717) is 25.9 Å². The van der Waals surface area contributed by atoms with Crippen molar-refractivity contribution in [1.29, 1.82) is 0 Å². The van der Waals surface area contributed by atoms with E-state index in [-0.39, 0.29) is 11.7 Å². The van der Waals surface area contributed by atoms with Crippen LogP contribution in [0.2, 0.25) is 0 Å². The molecule has 1 fully saturated rings. The molecule has 1 aliphatic rings. The summed E-state index contributed by atoms with van der Waals surface area (Å²) in [5.74, 6) is -0.864. The van der Waals surface area contributed by atoms with Gasteiger partial charge in [-0.2, -0.15) is 0 Å². The molecule has 0 aromatic rings. The van der Waals surface area contributed by atoms with Crippen LogP contribution in [0.15, 0.2) is 0 Å². The number of likely N-dealkylation sites (tertiary alicyclic amines) is 1. The molecular weight excluding hydrogens is 196 g/mol. The Hall–Kier alpha value is -1.39. The van der Waals surface area contributed by atoms with Crippen LogP contribution in [0.3, 0.4) is 0 Å². The first-order chi connectivity index (χ1) is 7.06. The lowest BCUT2D eigenvalue weighted by Crippen LogP contribution is -2.46. The topological polar surface area (TPSA) is 66.5 Å². The first-order valence-corrected chi connectivity index (χ1v) is 5.07. The van der Waals surface area contributed by atoms with E-state index < -0.39 is 11.8 Å². The molecule has 5 nitrogen and oxygen atoms in total. The van der Waals surface area contributed by atoms with Crippen LogP contribution >= 0.6 is 0 Å². The number of carbonyl (C=O) groups excluding carboxylic acids is 3. The lowest BCUT2D eigenvalue weighted by molar-refractivity contribution is -0.146. The molecular formula is C10H16N2O3. The highest BCUT2D eigenvalue weighted by Gasteiger charge is 2.27. The molecule has 15 heavy (non-hydrogen) atoms.